The van der Waals surface area contributed by atoms with Crippen LogP contribution in [0.1, 0.15) is 26.3 Å². The summed E-state index contributed by atoms with van der Waals surface area (Å²) in [5.74, 6) is 0. The molecule has 3 rings (SSSR count). The van der Waals surface area contributed by atoms with Crippen LogP contribution in [0.3, 0.4) is 0 Å². The first-order valence-electron chi connectivity index (χ1n) is 6.81. The van der Waals surface area contributed by atoms with Crippen molar-refractivity contribution in [3.05, 3.63) is 66.2 Å². The molecule has 0 atom stereocenters. The third kappa shape index (κ3) is 4.28. The van der Waals surface area contributed by atoms with Crippen LogP contribution in [0.25, 0.3) is 21.9 Å². The van der Waals surface area contributed by atoms with E-state index in [0.29, 0.717) is 0 Å². The second-order valence-corrected chi connectivity index (χ2v) is 6.16. The van der Waals surface area contributed by atoms with Crippen molar-refractivity contribution in [1.29, 1.82) is 0 Å². The Kier molecular flexibility index (Phi) is 8.20. The summed E-state index contributed by atoms with van der Waals surface area (Å²) in [6.07, 6.45) is 0. The van der Waals surface area contributed by atoms with Crippen molar-refractivity contribution in [2.75, 3.05) is 0 Å². The number of hydrogen-bond donors (Lipinski definition) is 0. The van der Waals surface area contributed by atoms with Crippen LogP contribution in [0.5, 0.6) is 0 Å². The van der Waals surface area contributed by atoms with Gasteiger partial charge in [-0.2, -0.15) is 12.1 Å². The molecule has 113 valence electrons. The molecule has 3 aromatic carbocycles. The van der Waals surface area contributed by atoms with Crippen LogP contribution in [0, 0.1) is 0 Å². The van der Waals surface area contributed by atoms with E-state index in [1.165, 1.54) is 27.5 Å². The van der Waals surface area contributed by atoms with E-state index in [2.05, 4.69) is 81.4 Å². The molecule has 0 aliphatic heterocycles. The third-order valence-electron chi connectivity index (χ3n) is 3.74. The Balaban J connectivity index is 0.00000147. The Morgan fingerprint density at radius 3 is 2.05 bits per heavy atom. The molecular formula is C19H19Cl2Zr. The Labute approximate surface area is 164 Å². The van der Waals surface area contributed by atoms with Crippen molar-refractivity contribution < 1.29 is 51.0 Å². The smallest absolute Gasteiger partial charge is 1.00 e. The maximum Gasteiger partial charge on any atom is 3.00 e. The van der Waals surface area contributed by atoms with E-state index in [-0.39, 0.29) is 56.4 Å². The monoisotopic (exact) mass is 407 g/mol. The summed E-state index contributed by atoms with van der Waals surface area (Å²) >= 11 is 0. The Morgan fingerprint density at radius 1 is 0.818 bits per heavy atom. The van der Waals surface area contributed by atoms with Gasteiger partial charge in [0.25, 0.3) is 0 Å². The van der Waals surface area contributed by atoms with Crippen molar-refractivity contribution >= 4 is 10.8 Å². The SMILES string of the molecule is CC(C)(C)c1ccc(-c2cccc3[cH-]ccc23)cc1.[Cl-].[Cl-].[Zr+3]. The molecule has 0 aromatic heterocycles. The quantitative estimate of drug-likeness (QED) is 0.477. The van der Waals surface area contributed by atoms with Crippen LogP contribution in [0.2, 0.25) is 0 Å². The van der Waals surface area contributed by atoms with E-state index in [1.54, 1.807) is 0 Å². The summed E-state index contributed by atoms with van der Waals surface area (Å²) in [6.45, 7) is 6.75. The molecule has 0 nitrogen and oxygen atoms in total. The van der Waals surface area contributed by atoms with Crippen molar-refractivity contribution in [2.24, 2.45) is 0 Å². The van der Waals surface area contributed by atoms with Gasteiger partial charge < -0.3 is 24.8 Å². The summed E-state index contributed by atoms with van der Waals surface area (Å²) in [5.41, 5.74) is 4.21. The standard InChI is InChI=1S/C19H19.2ClH.Zr/c1-19(2,3)16-12-10-15(11-13-16)18-9-5-7-14-6-4-8-17(14)18;;;/h4-13H,1-3H3;2*1H;/q-1;;;+3/p-2. The van der Waals surface area contributed by atoms with Crippen LogP contribution in [0.4, 0.5) is 0 Å². The van der Waals surface area contributed by atoms with Gasteiger partial charge in [0.05, 0.1) is 0 Å². The third-order valence-corrected chi connectivity index (χ3v) is 3.74. The average Bonchev–Trinajstić information content (AvgIpc) is 2.86. The molecule has 0 aliphatic carbocycles. The average molecular weight is 409 g/mol. The van der Waals surface area contributed by atoms with E-state index >= 15 is 0 Å². The molecule has 0 heterocycles. The second kappa shape index (κ2) is 8.39. The van der Waals surface area contributed by atoms with E-state index in [1.807, 2.05) is 0 Å². The predicted molar refractivity (Wildman–Crippen MR) is 83.7 cm³/mol. The van der Waals surface area contributed by atoms with Crippen LogP contribution in [0.15, 0.2) is 60.7 Å². The number of halogens is 2. The molecule has 0 bridgehead atoms. The van der Waals surface area contributed by atoms with E-state index < -0.39 is 0 Å². The molecule has 0 N–H and O–H groups in total. The summed E-state index contributed by atoms with van der Waals surface area (Å²) in [4.78, 5) is 0. The number of benzene rings is 2. The van der Waals surface area contributed by atoms with Gasteiger partial charge in [-0.25, -0.2) is 0 Å². The molecule has 0 fully saturated rings. The zero-order valence-electron chi connectivity index (χ0n) is 13.0. The first-order chi connectivity index (χ1) is 9.05. The molecule has 0 unspecified atom stereocenters. The van der Waals surface area contributed by atoms with Gasteiger partial charge in [-0.1, -0.05) is 56.7 Å². The fraction of sp³-hybridized carbons (Fsp3) is 0.211. The van der Waals surface area contributed by atoms with Crippen LogP contribution in [-0.4, -0.2) is 0 Å². The summed E-state index contributed by atoms with van der Waals surface area (Å²) in [7, 11) is 0. The van der Waals surface area contributed by atoms with Crippen LogP contribution < -0.4 is 24.8 Å². The zero-order chi connectivity index (χ0) is 13.5. The van der Waals surface area contributed by atoms with Crippen LogP contribution in [-0.2, 0) is 31.6 Å². The van der Waals surface area contributed by atoms with Crippen molar-refractivity contribution in [1.82, 2.24) is 0 Å². The fourth-order valence-corrected chi connectivity index (χ4v) is 2.56. The molecule has 0 saturated heterocycles. The van der Waals surface area contributed by atoms with Gasteiger partial charge in [-0.15, -0.1) is 29.0 Å². The molecular weight excluding hydrogens is 390 g/mol. The molecule has 0 aliphatic rings. The Morgan fingerprint density at radius 2 is 1.45 bits per heavy atom. The molecule has 3 heteroatoms. The van der Waals surface area contributed by atoms with E-state index in [4.69, 9.17) is 0 Å². The first-order valence-corrected chi connectivity index (χ1v) is 6.81. The number of fused-ring (bicyclic) bond motifs is 1. The molecule has 3 aromatic rings. The van der Waals surface area contributed by atoms with E-state index in [9.17, 15) is 0 Å². The van der Waals surface area contributed by atoms with Gasteiger partial charge in [0.15, 0.2) is 0 Å². The topological polar surface area (TPSA) is 0 Å². The molecule has 22 heavy (non-hydrogen) atoms. The van der Waals surface area contributed by atoms with Gasteiger partial charge in [0, 0.05) is 0 Å². The van der Waals surface area contributed by atoms with Gasteiger partial charge in [-0.3, -0.25) is 0 Å². The minimum Gasteiger partial charge on any atom is -1.00 e. The van der Waals surface area contributed by atoms with Gasteiger partial charge >= 0.3 is 26.2 Å². The minimum absolute atomic E-state index is 0. The number of hydrogen-bond acceptors (Lipinski definition) is 0. The second-order valence-electron chi connectivity index (χ2n) is 6.16. The molecule has 0 amide bonds. The molecule has 0 spiro atoms. The summed E-state index contributed by atoms with van der Waals surface area (Å²) in [5, 5.41) is 2.66. The Bertz CT molecular complexity index is 706. The van der Waals surface area contributed by atoms with Gasteiger partial charge in [0.1, 0.15) is 0 Å². The normalized spacial score (nSPS) is 10.3. The summed E-state index contributed by atoms with van der Waals surface area (Å²) < 4.78 is 0. The summed E-state index contributed by atoms with van der Waals surface area (Å²) in [6, 6.07) is 22.0. The number of rotatable bonds is 1. The first kappa shape index (κ1) is 21.5. The maximum absolute atomic E-state index is 2.25. The largest absolute Gasteiger partial charge is 3.00 e. The van der Waals surface area contributed by atoms with Crippen LogP contribution >= 0.6 is 0 Å². The molecule has 1 radical (unpaired) electrons. The minimum atomic E-state index is 0. The fourth-order valence-electron chi connectivity index (χ4n) is 2.56. The van der Waals surface area contributed by atoms with Gasteiger partial charge in [-0.05, 0) is 16.5 Å². The zero-order valence-corrected chi connectivity index (χ0v) is 17.0. The van der Waals surface area contributed by atoms with Crippen molar-refractivity contribution in [3.63, 3.8) is 0 Å². The maximum atomic E-state index is 2.25. The van der Waals surface area contributed by atoms with Crippen molar-refractivity contribution in [3.8, 4) is 11.1 Å². The Hall–Kier alpha value is -0.487. The van der Waals surface area contributed by atoms with E-state index in [0.717, 1.165) is 0 Å². The van der Waals surface area contributed by atoms with Gasteiger partial charge in [0.2, 0.25) is 0 Å². The molecule has 0 saturated carbocycles. The predicted octanol–water partition coefficient (Wildman–Crippen LogP) is -0.471. The van der Waals surface area contributed by atoms with Crippen molar-refractivity contribution in [2.45, 2.75) is 26.2 Å².